The first kappa shape index (κ1) is 15.9. The molecule has 5 nitrogen and oxygen atoms in total. The van der Waals surface area contributed by atoms with E-state index in [1.807, 2.05) is 25.7 Å². The fourth-order valence-corrected chi connectivity index (χ4v) is 2.41. The van der Waals surface area contributed by atoms with E-state index in [-0.39, 0.29) is 30.6 Å². The smallest absolute Gasteiger partial charge is 0.167 e. The van der Waals surface area contributed by atoms with Gasteiger partial charge in [-0.3, -0.25) is 0 Å². The number of anilines is 2. The molecule has 0 aliphatic carbocycles. The number of ether oxygens (including phenoxy) is 2. The first-order valence-corrected chi connectivity index (χ1v) is 7.17. The van der Waals surface area contributed by atoms with Crippen LogP contribution >= 0.6 is 0 Å². The summed E-state index contributed by atoms with van der Waals surface area (Å²) in [4.78, 5) is 2.02. The van der Waals surface area contributed by atoms with Crippen molar-refractivity contribution in [1.29, 1.82) is 0 Å². The number of aliphatic hydroxyl groups is 1. The lowest BCUT2D eigenvalue weighted by atomic mass is 10.1. The first-order chi connectivity index (χ1) is 9.92. The summed E-state index contributed by atoms with van der Waals surface area (Å²) in [5.74, 6) is -0.280. The number of nitrogens with zero attached hydrogens (tertiary/aromatic N) is 1. The van der Waals surface area contributed by atoms with E-state index in [0.29, 0.717) is 24.5 Å². The molecule has 1 aliphatic rings. The van der Waals surface area contributed by atoms with E-state index in [0.717, 1.165) is 0 Å². The maximum absolute atomic E-state index is 13.9. The summed E-state index contributed by atoms with van der Waals surface area (Å²) in [6.45, 7) is 6.62. The number of nitrogen functional groups attached to an aromatic ring is 1. The standard InChI is InChI=1S/C15H23FN2O3/c1-9(2)21-15-5-14(13(17)4-12(15)16)18-6-11(7-19)20-8-10(18)3/h4-5,9-11,19H,6-8,17H2,1-3H3. The van der Waals surface area contributed by atoms with Crippen molar-refractivity contribution in [2.75, 3.05) is 30.4 Å². The molecule has 3 N–H and O–H groups in total. The van der Waals surface area contributed by atoms with Gasteiger partial charge in [0, 0.05) is 24.7 Å². The molecule has 0 bridgehead atoms. The highest BCUT2D eigenvalue weighted by Gasteiger charge is 2.28. The van der Waals surface area contributed by atoms with Crippen molar-refractivity contribution in [2.45, 2.75) is 39.0 Å². The molecule has 0 radical (unpaired) electrons. The molecule has 1 aliphatic heterocycles. The zero-order valence-electron chi connectivity index (χ0n) is 12.7. The van der Waals surface area contributed by atoms with Crippen LogP contribution in [0.2, 0.25) is 0 Å². The minimum absolute atomic E-state index is 0.0559. The summed E-state index contributed by atoms with van der Waals surface area (Å²) < 4.78 is 24.9. The van der Waals surface area contributed by atoms with Gasteiger partial charge in [0.05, 0.1) is 36.8 Å². The van der Waals surface area contributed by atoms with Gasteiger partial charge in [-0.15, -0.1) is 0 Å². The summed E-state index contributed by atoms with van der Waals surface area (Å²) in [7, 11) is 0. The van der Waals surface area contributed by atoms with Crippen LogP contribution in [-0.2, 0) is 4.74 Å². The highest BCUT2D eigenvalue weighted by atomic mass is 19.1. The van der Waals surface area contributed by atoms with Crippen LogP contribution in [0.4, 0.5) is 15.8 Å². The molecule has 1 saturated heterocycles. The quantitative estimate of drug-likeness (QED) is 0.829. The second kappa shape index (κ2) is 6.49. The molecular weight excluding hydrogens is 275 g/mol. The van der Waals surface area contributed by atoms with Crippen molar-refractivity contribution in [3.8, 4) is 5.75 Å². The lowest BCUT2D eigenvalue weighted by Crippen LogP contribution is -2.49. The molecule has 6 heteroatoms. The topological polar surface area (TPSA) is 68.0 Å². The van der Waals surface area contributed by atoms with Gasteiger partial charge in [-0.05, 0) is 20.8 Å². The fourth-order valence-electron chi connectivity index (χ4n) is 2.41. The van der Waals surface area contributed by atoms with Crippen molar-refractivity contribution in [1.82, 2.24) is 0 Å². The SMILES string of the molecule is CC(C)Oc1cc(N2CC(CO)OCC2C)c(N)cc1F. The Kier molecular flexibility index (Phi) is 4.90. The summed E-state index contributed by atoms with van der Waals surface area (Å²) in [5, 5.41) is 9.26. The van der Waals surface area contributed by atoms with E-state index >= 15 is 0 Å². The highest BCUT2D eigenvalue weighted by molar-refractivity contribution is 5.70. The second-order valence-electron chi connectivity index (χ2n) is 5.65. The monoisotopic (exact) mass is 298 g/mol. The average molecular weight is 298 g/mol. The zero-order chi connectivity index (χ0) is 15.6. The lowest BCUT2D eigenvalue weighted by molar-refractivity contribution is -0.0103. The van der Waals surface area contributed by atoms with Crippen molar-refractivity contribution in [3.63, 3.8) is 0 Å². The van der Waals surface area contributed by atoms with Crippen LogP contribution in [0.1, 0.15) is 20.8 Å². The predicted molar refractivity (Wildman–Crippen MR) is 80.2 cm³/mol. The Morgan fingerprint density at radius 3 is 2.86 bits per heavy atom. The van der Waals surface area contributed by atoms with Crippen LogP contribution in [0.15, 0.2) is 12.1 Å². The molecule has 0 saturated carbocycles. The van der Waals surface area contributed by atoms with Crippen LogP contribution in [0.5, 0.6) is 5.75 Å². The Balaban J connectivity index is 2.32. The third-order valence-electron chi connectivity index (χ3n) is 3.46. The molecule has 0 aromatic heterocycles. The number of morpholine rings is 1. The van der Waals surface area contributed by atoms with Gasteiger partial charge in [-0.2, -0.15) is 0 Å². The van der Waals surface area contributed by atoms with E-state index in [1.54, 1.807) is 6.07 Å². The van der Waals surface area contributed by atoms with Crippen molar-refractivity contribution in [2.24, 2.45) is 0 Å². The van der Waals surface area contributed by atoms with Gasteiger partial charge in [-0.1, -0.05) is 0 Å². The van der Waals surface area contributed by atoms with Gasteiger partial charge in [0.1, 0.15) is 0 Å². The minimum atomic E-state index is -0.468. The number of hydrogen-bond acceptors (Lipinski definition) is 5. The van der Waals surface area contributed by atoms with E-state index in [9.17, 15) is 9.50 Å². The normalized spacial score (nSPS) is 22.7. The molecule has 1 aromatic rings. The minimum Gasteiger partial charge on any atom is -0.488 e. The summed E-state index contributed by atoms with van der Waals surface area (Å²) >= 11 is 0. The van der Waals surface area contributed by atoms with Crippen LogP contribution in [0, 0.1) is 5.82 Å². The number of hydrogen-bond donors (Lipinski definition) is 2. The molecule has 1 aromatic carbocycles. The van der Waals surface area contributed by atoms with E-state index < -0.39 is 5.82 Å². The Hall–Kier alpha value is -1.53. The van der Waals surface area contributed by atoms with Crippen molar-refractivity contribution < 1.29 is 19.0 Å². The van der Waals surface area contributed by atoms with Crippen LogP contribution in [-0.4, -0.2) is 43.1 Å². The Bertz CT molecular complexity index is 496. The van der Waals surface area contributed by atoms with Gasteiger partial charge in [0.2, 0.25) is 0 Å². The van der Waals surface area contributed by atoms with E-state index in [1.165, 1.54) is 6.07 Å². The number of benzene rings is 1. The molecule has 0 spiro atoms. The average Bonchev–Trinajstić information content (AvgIpc) is 2.42. The summed E-state index contributed by atoms with van der Waals surface area (Å²) in [6.07, 6.45) is -0.386. The molecular formula is C15H23FN2O3. The van der Waals surface area contributed by atoms with Crippen molar-refractivity contribution in [3.05, 3.63) is 17.9 Å². The zero-order valence-corrected chi connectivity index (χ0v) is 12.7. The maximum Gasteiger partial charge on any atom is 0.167 e. The second-order valence-corrected chi connectivity index (χ2v) is 5.65. The fraction of sp³-hybridized carbons (Fsp3) is 0.600. The maximum atomic E-state index is 13.9. The number of aliphatic hydroxyl groups excluding tert-OH is 1. The molecule has 0 amide bonds. The number of nitrogens with two attached hydrogens (primary N) is 1. The Labute approximate surface area is 124 Å². The summed E-state index contributed by atoms with van der Waals surface area (Å²) in [5.41, 5.74) is 7.03. The predicted octanol–water partition coefficient (Wildman–Crippen LogP) is 1.78. The lowest BCUT2D eigenvalue weighted by Gasteiger charge is -2.39. The van der Waals surface area contributed by atoms with Crippen LogP contribution in [0.25, 0.3) is 0 Å². The molecule has 21 heavy (non-hydrogen) atoms. The molecule has 2 atom stereocenters. The van der Waals surface area contributed by atoms with Crippen LogP contribution < -0.4 is 15.4 Å². The molecule has 2 rings (SSSR count). The van der Waals surface area contributed by atoms with Crippen LogP contribution in [0.3, 0.4) is 0 Å². The highest BCUT2D eigenvalue weighted by Crippen LogP contribution is 2.34. The van der Waals surface area contributed by atoms with Crippen molar-refractivity contribution >= 4 is 11.4 Å². The van der Waals surface area contributed by atoms with E-state index in [2.05, 4.69) is 0 Å². The summed E-state index contributed by atoms with van der Waals surface area (Å²) in [6, 6.07) is 3.00. The molecule has 2 unspecified atom stereocenters. The largest absolute Gasteiger partial charge is 0.488 e. The Morgan fingerprint density at radius 1 is 1.52 bits per heavy atom. The van der Waals surface area contributed by atoms with Gasteiger partial charge in [-0.25, -0.2) is 4.39 Å². The first-order valence-electron chi connectivity index (χ1n) is 7.17. The molecule has 118 valence electrons. The molecule has 1 heterocycles. The van der Waals surface area contributed by atoms with Gasteiger partial charge >= 0.3 is 0 Å². The number of halogens is 1. The van der Waals surface area contributed by atoms with Gasteiger partial charge in [0.15, 0.2) is 11.6 Å². The van der Waals surface area contributed by atoms with Gasteiger partial charge in [0.25, 0.3) is 0 Å². The van der Waals surface area contributed by atoms with E-state index in [4.69, 9.17) is 15.2 Å². The third-order valence-corrected chi connectivity index (χ3v) is 3.46. The number of rotatable bonds is 4. The third kappa shape index (κ3) is 3.57. The van der Waals surface area contributed by atoms with Gasteiger partial charge < -0.3 is 25.2 Å². The Morgan fingerprint density at radius 2 is 2.24 bits per heavy atom. The molecule has 1 fully saturated rings.